The van der Waals surface area contributed by atoms with Gasteiger partial charge in [-0.05, 0) is 24.3 Å². The van der Waals surface area contributed by atoms with Gasteiger partial charge in [0.15, 0.2) is 39.5 Å². The van der Waals surface area contributed by atoms with E-state index in [2.05, 4.69) is 0 Å². The largest absolute Gasteiger partial charge is 1.00 e. The first-order valence-corrected chi connectivity index (χ1v) is 14.3. The molecule has 2 atom stereocenters. The zero-order valence-corrected chi connectivity index (χ0v) is 24.0. The van der Waals surface area contributed by atoms with Crippen LogP contribution in [-0.4, -0.2) is 43.6 Å². The van der Waals surface area contributed by atoms with E-state index in [9.17, 15) is 25.9 Å². The van der Waals surface area contributed by atoms with Gasteiger partial charge in [0.05, 0.1) is 23.1 Å². The molecule has 0 N–H and O–H groups in total. The summed E-state index contributed by atoms with van der Waals surface area (Å²) in [5.41, 5.74) is 1.41. The van der Waals surface area contributed by atoms with E-state index < -0.39 is 31.4 Å². The Morgan fingerprint density at radius 1 is 1.08 bits per heavy atom. The van der Waals surface area contributed by atoms with Crippen molar-refractivity contribution in [1.82, 2.24) is 4.48 Å². The molecule has 3 aromatic rings. The molecule has 2 unspecified atom stereocenters. The fourth-order valence-electron chi connectivity index (χ4n) is 4.65. The van der Waals surface area contributed by atoms with Crippen LogP contribution in [0.2, 0.25) is 10.0 Å². The third-order valence-corrected chi connectivity index (χ3v) is 8.75. The van der Waals surface area contributed by atoms with Crippen LogP contribution < -0.4 is 43.3 Å². The van der Waals surface area contributed by atoms with Crippen molar-refractivity contribution in [2.24, 2.45) is 0 Å². The molecule has 0 radical (unpaired) electrons. The summed E-state index contributed by atoms with van der Waals surface area (Å²) >= 11 is 12.3. The maximum absolute atomic E-state index is 12.1. The Bertz CT molecular complexity index is 1610. The van der Waals surface area contributed by atoms with Crippen molar-refractivity contribution in [1.29, 1.82) is 0 Å². The predicted molar refractivity (Wildman–Crippen MR) is 125 cm³/mol. The monoisotopic (exact) mass is 583 g/mol. The van der Waals surface area contributed by atoms with Gasteiger partial charge in [-0.2, -0.15) is 4.57 Å². The van der Waals surface area contributed by atoms with Gasteiger partial charge in [0.25, 0.3) is 5.52 Å². The van der Waals surface area contributed by atoms with Crippen molar-refractivity contribution in [2.75, 3.05) is 12.3 Å². The van der Waals surface area contributed by atoms with E-state index in [1.54, 1.807) is 41.0 Å². The Balaban J connectivity index is 0.00000304. The molecule has 1 spiro atoms. The molecule has 36 heavy (non-hydrogen) atoms. The van der Waals surface area contributed by atoms with Crippen LogP contribution in [0.1, 0.15) is 18.7 Å². The number of aromatic nitrogens is 1. The number of hydrogen-bond donors (Lipinski definition) is 0. The molecular weight excluding hydrogens is 566 g/mol. The molecule has 3 heterocycles. The first-order valence-electron chi connectivity index (χ1n) is 10.5. The molecular formula is C21H18Cl2N2NaO8S2+. The Morgan fingerprint density at radius 3 is 2.42 bits per heavy atom. The van der Waals surface area contributed by atoms with Crippen LogP contribution in [0, 0.1) is 0 Å². The Hall–Kier alpha value is -1.19. The van der Waals surface area contributed by atoms with Crippen molar-refractivity contribution in [3.05, 3.63) is 58.2 Å². The van der Waals surface area contributed by atoms with E-state index in [1.165, 1.54) is 6.08 Å². The van der Waals surface area contributed by atoms with Gasteiger partial charge in [0.2, 0.25) is 5.58 Å². The standard InChI is InChI=1S/C21H18Cl2N2O8S2.Na/c22-13-2-4-17-15(10-13)24(7-1-9-34(26,27)28)19(32-17)12-20-25(8-6-21(25)35(29,30)31)16-11-14(23)3-5-18(16)33-20;/h2-5,10-12,21H,1,6-9H2;/q;+1. The SMILES string of the molecule is O=S(=O)([O-])CCC[n+]1c(C=C2Oc3ccc(Cl)cc3[N+]23CCC3S(=O)(=O)[O-])oc2ccc(Cl)cc21.[Na+]. The van der Waals surface area contributed by atoms with E-state index in [4.69, 9.17) is 32.4 Å². The van der Waals surface area contributed by atoms with Gasteiger partial charge < -0.3 is 18.3 Å². The molecule has 186 valence electrons. The minimum Gasteiger partial charge on any atom is -0.748 e. The molecule has 1 saturated heterocycles. The number of benzene rings is 2. The van der Waals surface area contributed by atoms with Crippen molar-refractivity contribution < 1.29 is 69.2 Å². The Labute approximate surface area is 239 Å². The van der Waals surface area contributed by atoms with Crippen molar-refractivity contribution in [2.45, 2.75) is 24.8 Å². The van der Waals surface area contributed by atoms with Gasteiger partial charge in [0.1, 0.15) is 0 Å². The summed E-state index contributed by atoms with van der Waals surface area (Å²) < 4.78 is 83.0. The zero-order chi connectivity index (χ0) is 25.2. The molecule has 0 bridgehead atoms. The maximum Gasteiger partial charge on any atom is 1.00 e. The molecule has 15 heteroatoms. The molecule has 2 aliphatic rings. The third kappa shape index (κ3) is 4.96. The molecule has 0 saturated carbocycles. The third-order valence-electron chi connectivity index (χ3n) is 6.23. The number of quaternary nitrogens is 1. The van der Waals surface area contributed by atoms with Crippen molar-refractivity contribution in [3.63, 3.8) is 0 Å². The number of hydrogen-bond acceptors (Lipinski definition) is 8. The average Bonchev–Trinajstić information content (AvgIpc) is 3.21. The number of nitrogens with zero attached hydrogens (tertiary/aromatic N) is 2. The fourth-order valence-corrected chi connectivity index (χ4v) is 6.62. The van der Waals surface area contributed by atoms with Gasteiger partial charge in [-0.3, -0.25) is 0 Å². The topological polar surface area (TPSA) is 141 Å². The van der Waals surface area contributed by atoms with Crippen molar-refractivity contribution >= 4 is 66.3 Å². The quantitative estimate of drug-likeness (QED) is 0.170. The number of ether oxygens (including phenoxy) is 1. The first kappa shape index (κ1) is 27.8. The van der Waals surface area contributed by atoms with Crippen LogP contribution >= 0.6 is 23.2 Å². The average molecular weight is 584 g/mol. The molecule has 0 amide bonds. The van der Waals surface area contributed by atoms with E-state index in [0.717, 1.165) is 0 Å². The number of rotatable bonds is 6. The van der Waals surface area contributed by atoms with E-state index in [1.807, 2.05) is 0 Å². The smallest absolute Gasteiger partial charge is 0.748 e. The summed E-state index contributed by atoms with van der Waals surface area (Å²) in [5.74, 6) is 0.122. The van der Waals surface area contributed by atoms with Gasteiger partial charge in [0, 0.05) is 34.4 Å². The van der Waals surface area contributed by atoms with Gasteiger partial charge in [-0.15, -0.1) is 0 Å². The van der Waals surface area contributed by atoms with Crippen molar-refractivity contribution in [3.8, 4) is 5.75 Å². The normalized spacial score (nSPS) is 22.3. The number of halogens is 2. The van der Waals surface area contributed by atoms with Gasteiger partial charge >= 0.3 is 41.3 Å². The summed E-state index contributed by atoms with van der Waals surface area (Å²) in [7, 11) is -9.14. The van der Waals surface area contributed by atoms with Crippen LogP contribution in [0.3, 0.4) is 0 Å². The fraction of sp³-hybridized carbons (Fsp3) is 0.286. The summed E-state index contributed by atoms with van der Waals surface area (Å²) in [6.45, 7) is 0.377. The number of oxazole rings is 1. The summed E-state index contributed by atoms with van der Waals surface area (Å²) in [6.07, 6.45) is 1.61. The maximum atomic E-state index is 12.1. The molecule has 2 aliphatic heterocycles. The van der Waals surface area contributed by atoms with Crippen LogP contribution in [0.25, 0.3) is 17.2 Å². The summed E-state index contributed by atoms with van der Waals surface area (Å²) in [4.78, 5) is 0. The van der Waals surface area contributed by atoms with Gasteiger partial charge in [-0.1, -0.05) is 23.2 Å². The van der Waals surface area contributed by atoms with Crippen LogP contribution in [-0.2, 0) is 26.8 Å². The Morgan fingerprint density at radius 2 is 1.78 bits per heavy atom. The molecule has 0 aliphatic carbocycles. The number of aryl methyl sites for hydroxylation is 1. The molecule has 10 nitrogen and oxygen atoms in total. The van der Waals surface area contributed by atoms with Crippen LogP contribution in [0.15, 0.2) is 46.7 Å². The minimum atomic E-state index is -4.71. The van der Waals surface area contributed by atoms with Gasteiger partial charge in [-0.25, -0.2) is 21.3 Å². The van der Waals surface area contributed by atoms with E-state index >= 15 is 0 Å². The molecule has 2 aromatic carbocycles. The Kier molecular flexibility index (Phi) is 7.61. The van der Waals surface area contributed by atoms with E-state index in [0.29, 0.717) is 32.6 Å². The minimum absolute atomic E-state index is 0. The second-order valence-corrected chi connectivity index (χ2v) is 12.3. The second kappa shape index (κ2) is 9.84. The second-order valence-electron chi connectivity index (χ2n) is 8.34. The number of fused-ring (bicyclic) bond motifs is 3. The van der Waals surface area contributed by atoms with E-state index in [-0.39, 0.29) is 71.7 Å². The first-order chi connectivity index (χ1) is 16.4. The van der Waals surface area contributed by atoms with Crippen LogP contribution in [0.5, 0.6) is 5.75 Å². The molecule has 1 aromatic heterocycles. The predicted octanol–water partition coefficient (Wildman–Crippen LogP) is -0.0603. The summed E-state index contributed by atoms with van der Waals surface area (Å²) in [6, 6.07) is 9.62. The molecule has 1 fully saturated rings. The van der Waals surface area contributed by atoms with Crippen LogP contribution in [0.4, 0.5) is 5.69 Å². The molecule has 5 rings (SSSR count). The zero-order valence-electron chi connectivity index (χ0n) is 18.9. The summed E-state index contributed by atoms with van der Waals surface area (Å²) in [5, 5.41) is -0.552.